The number of rotatable bonds is 4. The molecule has 0 N–H and O–H groups in total. The van der Waals surface area contributed by atoms with Gasteiger partial charge in [0.2, 0.25) is 5.91 Å². The molecule has 0 bridgehead atoms. The quantitative estimate of drug-likeness (QED) is 0.862. The molecule has 1 amide bonds. The molecule has 1 aliphatic rings. The Bertz CT molecular complexity index is 630. The number of aromatic nitrogens is 3. The summed E-state index contributed by atoms with van der Waals surface area (Å²) < 4.78 is 0. The number of carbonyl (C=O) groups is 1. The molecule has 0 spiro atoms. The normalized spacial score (nSPS) is 15.0. The van der Waals surface area contributed by atoms with Crippen LogP contribution in [0.1, 0.15) is 29.2 Å². The summed E-state index contributed by atoms with van der Waals surface area (Å²) in [5.74, 6) is 0.219. The molecule has 0 atom stereocenters. The maximum atomic E-state index is 12.1. The van der Waals surface area contributed by atoms with Crippen LogP contribution in [-0.4, -0.2) is 38.9 Å². The summed E-state index contributed by atoms with van der Waals surface area (Å²) in [6.07, 6.45) is 4.72. The highest BCUT2D eigenvalue weighted by Crippen LogP contribution is 2.20. The smallest absolute Gasteiger partial charge is 0.223 e. The van der Waals surface area contributed by atoms with Gasteiger partial charge in [-0.25, -0.2) is 0 Å². The van der Waals surface area contributed by atoms with Gasteiger partial charge in [0, 0.05) is 19.5 Å². The minimum absolute atomic E-state index is 0.219. The zero-order valence-corrected chi connectivity index (χ0v) is 12.5. The Morgan fingerprint density at radius 1 is 1.19 bits per heavy atom. The minimum atomic E-state index is 0.219. The third-order valence-electron chi connectivity index (χ3n) is 4.18. The molecule has 1 saturated heterocycles. The molecule has 1 aromatic carbocycles. The standard InChI is InChI=1S/C16H20N4O/c1-12-3-4-14(9-13(12)2)5-6-16(21)19-10-15(11-19)20-17-7-8-18-20/h3-4,7-9,15H,5-6,10-11H2,1-2H3. The largest absolute Gasteiger partial charge is 0.338 e. The average Bonchev–Trinajstić information content (AvgIpc) is 2.92. The Kier molecular flexibility index (Phi) is 3.73. The van der Waals surface area contributed by atoms with Crippen LogP contribution in [0.3, 0.4) is 0 Å². The van der Waals surface area contributed by atoms with Crippen LogP contribution in [0, 0.1) is 13.8 Å². The summed E-state index contributed by atoms with van der Waals surface area (Å²) in [5.41, 5.74) is 3.81. The highest BCUT2D eigenvalue weighted by molar-refractivity contribution is 5.77. The van der Waals surface area contributed by atoms with E-state index in [0.717, 1.165) is 19.5 Å². The van der Waals surface area contributed by atoms with Crippen molar-refractivity contribution in [1.29, 1.82) is 0 Å². The third kappa shape index (κ3) is 2.96. The molecule has 0 radical (unpaired) electrons. The van der Waals surface area contributed by atoms with E-state index in [0.29, 0.717) is 6.42 Å². The van der Waals surface area contributed by atoms with Crippen molar-refractivity contribution in [2.45, 2.75) is 32.7 Å². The van der Waals surface area contributed by atoms with Gasteiger partial charge in [-0.15, -0.1) is 0 Å². The zero-order chi connectivity index (χ0) is 14.8. The first kappa shape index (κ1) is 13.8. The van der Waals surface area contributed by atoms with E-state index in [4.69, 9.17) is 0 Å². The molecule has 1 aromatic heterocycles. The summed E-state index contributed by atoms with van der Waals surface area (Å²) in [6, 6.07) is 6.65. The molecule has 21 heavy (non-hydrogen) atoms. The van der Waals surface area contributed by atoms with E-state index in [-0.39, 0.29) is 11.9 Å². The molecular weight excluding hydrogens is 264 g/mol. The van der Waals surface area contributed by atoms with Gasteiger partial charge in [0.15, 0.2) is 0 Å². The predicted molar refractivity (Wildman–Crippen MR) is 79.9 cm³/mol. The SMILES string of the molecule is Cc1ccc(CCC(=O)N2CC(n3nccn3)C2)cc1C. The molecule has 5 heteroatoms. The van der Waals surface area contributed by atoms with Crippen molar-refractivity contribution in [3.63, 3.8) is 0 Å². The highest BCUT2D eigenvalue weighted by Gasteiger charge is 2.32. The van der Waals surface area contributed by atoms with Crippen LogP contribution in [0.25, 0.3) is 0 Å². The Hall–Kier alpha value is -2.17. The van der Waals surface area contributed by atoms with Crippen LogP contribution in [0.5, 0.6) is 0 Å². The van der Waals surface area contributed by atoms with Crippen molar-refractivity contribution in [3.05, 3.63) is 47.3 Å². The van der Waals surface area contributed by atoms with Crippen LogP contribution in [0.4, 0.5) is 0 Å². The highest BCUT2D eigenvalue weighted by atomic mass is 16.2. The number of nitrogens with zero attached hydrogens (tertiary/aromatic N) is 4. The van der Waals surface area contributed by atoms with E-state index in [1.54, 1.807) is 17.2 Å². The molecule has 2 aromatic rings. The second-order valence-corrected chi connectivity index (χ2v) is 5.72. The lowest BCUT2D eigenvalue weighted by Gasteiger charge is -2.38. The molecule has 0 saturated carbocycles. The maximum Gasteiger partial charge on any atom is 0.223 e. The maximum absolute atomic E-state index is 12.1. The van der Waals surface area contributed by atoms with Crippen molar-refractivity contribution >= 4 is 5.91 Å². The Morgan fingerprint density at radius 3 is 2.57 bits per heavy atom. The average molecular weight is 284 g/mol. The molecule has 2 heterocycles. The van der Waals surface area contributed by atoms with Crippen molar-refractivity contribution < 1.29 is 4.79 Å². The number of carbonyl (C=O) groups excluding carboxylic acids is 1. The van der Waals surface area contributed by atoms with Crippen LogP contribution in [-0.2, 0) is 11.2 Å². The summed E-state index contributed by atoms with van der Waals surface area (Å²) in [4.78, 5) is 15.7. The number of hydrogen-bond acceptors (Lipinski definition) is 3. The lowest BCUT2D eigenvalue weighted by atomic mass is 10.0. The van der Waals surface area contributed by atoms with Crippen molar-refractivity contribution in [3.8, 4) is 0 Å². The van der Waals surface area contributed by atoms with Crippen molar-refractivity contribution in [2.24, 2.45) is 0 Å². The van der Waals surface area contributed by atoms with E-state index < -0.39 is 0 Å². The fourth-order valence-corrected chi connectivity index (χ4v) is 2.59. The molecule has 0 aliphatic carbocycles. The van der Waals surface area contributed by atoms with Gasteiger partial charge in [-0.2, -0.15) is 15.0 Å². The Balaban J connectivity index is 1.48. The first-order valence-electron chi connectivity index (χ1n) is 7.33. The van der Waals surface area contributed by atoms with Gasteiger partial charge >= 0.3 is 0 Å². The lowest BCUT2D eigenvalue weighted by Crippen LogP contribution is -2.51. The van der Waals surface area contributed by atoms with Gasteiger partial charge < -0.3 is 4.90 Å². The molecule has 1 fully saturated rings. The first-order valence-corrected chi connectivity index (χ1v) is 7.33. The van der Waals surface area contributed by atoms with Gasteiger partial charge in [-0.1, -0.05) is 18.2 Å². The Labute approximate surface area is 124 Å². The summed E-state index contributed by atoms with van der Waals surface area (Å²) in [7, 11) is 0. The molecule has 0 unspecified atom stereocenters. The van der Waals surface area contributed by atoms with Crippen molar-refractivity contribution in [2.75, 3.05) is 13.1 Å². The van der Waals surface area contributed by atoms with E-state index in [1.807, 2.05) is 4.90 Å². The zero-order valence-electron chi connectivity index (χ0n) is 12.5. The van der Waals surface area contributed by atoms with Gasteiger partial charge in [-0.3, -0.25) is 4.79 Å². The van der Waals surface area contributed by atoms with Crippen LogP contribution >= 0.6 is 0 Å². The molecule has 5 nitrogen and oxygen atoms in total. The fourth-order valence-electron chi connectivity index (χ4n) is 2.59. The van der Waals surface area contributed by atoms with Gasteiger partial charge in [-0.05, 0) is 37.0 Å². The lowest BCUT2D eigenvalue weighted by molar-refractivity contribution is -0.137. The van der Waals surface area contributed by atoms with E-state index >= 15 is 0 Å². The first-order chi connectivity index (χ1) is 10.1. The number of hydrogen-bond donors (Lipinski definition) is 0. The monoisotopic (exact) mass is 284 g/mol. The summed E-state index contributed by atoms with van der Waals surface area (Å²) in [5, 5.41) is 8.22. The van der Waals surface area contributed by atoms with Crippen LogP contribution < -0.4 is 0 Å². The topological polar surface area (TPSA) is 51.0 Å². The second kappa shape index (κ2) is 5.68. The van der Waals surface area contributed by atoms with Gasteiger partial charge in [0.25, 0.3) is 0 Å². The van der Waals surface area contributed by atoms with Crippen LogP contribution in [0.15, 0.2) is 30.6 Å². The molecule has 1 aliphatic heterocycles. The van der Waals surface area contributed by atoms with Gasteiger partial charge in [0.1, 0.15) is 6.04 Å². The minimum Gasteiger partial charge on any atom is -0.338 e. The Morgan fingerprint density at radius 2 is 1.90 bits per heavy atom. The van der Waals surface area contributed by atoms with Gasteiger partial charge in [0.05, 0.1) is 12.4 Å². The van der Waals surface area contributed by atoms with E-state index in [2.05, 4.69) is 42.2 Å². The number of amides is 1. The molecule has 110 valence electrons. The number of benzene rings is 1. The number of likely N-dealkylation sites (tertiary alicyclic amines) is 1. The number of aryl methyl sites for hydroxylation is 3. The summed E-state index contributed by atoms with van der Waals surface area (Å²) in [6.45, 7) is 5.66. The fraction of sp³-hybridized carbons (Fsp3) is 0.438. The van der Waals surface area contributed by atoms with E-state index in [9.17, 15) is 4.79 Å². The summed E-state index contributed by atoms with van der Waals surface area (Å²) >= 11 is 0. The molecular formula is C16H20N4O. The van der Waals surface area contributed by atoms with Crippen molar-refractivity contribution in [1.82, 2.24) is 19.9 Å². The van der Waals surface area contributed by atoms with E-state index in [1.165, 1.54) is 16.7 Å². The predicted octanol–water partition coefficient (Wildman–Crippen LogP) is 1.91. The molecule has 3 rings (SSSR count). The third-order valence-corrected chi connectivity index (χ3v) is 4.18. The second-order valence-electron chi connectivity index (χ2n) is 5.72. The van der Waals surface area contributed by atoms with Crippen LogP contribution in [0.2, 0.25) is 0 Å².